The van der Waals surface area contributed by atoms with Crippen LogP contribution in [0.5, 0.6) is 0 Å². The Morgan fingerprint density at radius 3 is 2.19 bits per heavy atom. The molecule has 1 unspecified atom stereocenters. The molecule has 0 fully saturated rings. The lowest BCUT2D eigenvalue weighted by molar-refractivity contribution is 0.473. The van der Waals surface area contributed by atoms with Crippen molar-refractivity contribution in [3.8, 4) is 0 Å². The van der Waals surface area contributed by atoms with Gasteiger partial charge < -0.3 is 5.32 Å². The van der Waals surface area contributed by atoms with Crippen LogP contribution in [0.25, 0.3) is 0 Å². The molecule has 0 radical (unpaired) electrons. The fourth-order valence-corrected chi connectivity index (χ4v) is 3.51. The standard InChI is InChI=1S/C17H29NO2S/c1-14-6-8-15(9-7-14)12-16(13-18-5)10-11-21(19,20)17(2,3)4/h6-9,16,18H,10-13H2,1-5H3. The summed E-state index contributed by atoms with van der Waals surface area (Å²) in [5.41, 5.74) is 2.52. The third-order valence-electron chi connectivity index (χ3n) is 3.87. The van der Waals surface area contributed by atoms with Gasteiger partial charge in [-0.25, -0.2) is 8.42 Å². The summed E-state index contributed by atoms with van der Waals surface area (Å²) < 4.78 is 23.8. The molecule has 0 aliphatic rings. The highest BCUT2D eigenvalue weighted by Crippen LogP contribution is 2.20. The summed E-state index contributed by atoms with van der Waals surface area (Å²) in [5.74, 6) is 0.601. The number of sulfone groups is 1. The Hall–Kier alpha value is -0.870. The highest BCUT2D eigenvalue weighted by atomic mass is 32.2. The van der Waals surface area contributed by atoms with Gasteiger partial charge >= 0.3 is 0 Å². The Labute approximate surface area is 130 Å². The van der Waals surface area contributed by atoms with Crippen LogP contribution in [-0.4, -0.2) is 32.5 Å². The zero-order valence-electron chi connectivity index (χ0n) is 13.9. The Balaban J connectivity index is 2.68. The first-order valence-electron chi connectivity index (χ1n) is 7.58. The largest absolute Gasteiger partial charge is 0.319 e. The van der Waals surface area contributed by atoms with Crippen molar-refractivity contribution in [2.45, 2.75) is 45.3 Å². The van der Waals surface area contributed by atoms with Crippen molar-refractivity contribution < 1.29 is 8.42 Å². The van der Waals surface area contributed by atoms with E-state index in [0.29, 0.717) is 12.3 Å². The maximum absolute atomic E-state index is 12.2. The summed E-state index contributed by atoms with van der Waals surface area (Å²) in [6, 6.07) is 8.49. The molecule has 21 heavy (non-hydrogen) atoms. The van der Waals surface area contributed by atoms with Crippen molar-refractivity contribution in [1.82, 2.24) is 5.32 Å². The van der Waals surface area contributed by atoms with Crippen LogP contribution >= 0.6 is 0 Å². The van der Waals surface area contributed by atoms with Crippen LogP contribution in [-0.2, 0) is 16.3 Å². The van der Waals surface area contributed by atoms with Crippen molar-refractivity contribution in [3.05, 3.63) is 35.4 Å². The second-order valence-corrected chi connectivity index (χ2v) is 9.70. The second kappa shape index (κ2) is 7.41. The molecule has 0 saturated carbocycles. The van der Waals surface area contributed by atoms with E-state index in [1.54, 1.807) is 20.8 Å². The maximum atomic E-state index is 12.2. The van der Waals surface area contributed by atoms with Crippen LogP contribution in [0, 0.1) is 12.8 Å². The fraction of sp³-hybridized carbons (Fsp3) is 0.647. The van der Waals surface area contributed by atoms with Crippen LogP contribution in [0.15, 0.2) is 24.3 Å². The molecule has 0 aromatic heterocycles. The summed E-state index contributed by atoms with van der Waals surface area (Å²) in [5, 5.41) is 3.18. The quantitative estimate of drug-likeness (QED) is 0.842. The normalized spacial score (nSPS) is 14.1. The third kappa shape index (κ3) is 5.79. The van der Waals surface area contributed by atoms with E-state index >= 15 is 0 Å². The van der Waals surface area contributed by atoms with E-state index in [0.717, 1.165) is 13.0 Å². The lowest BCUT2D eigenvalue weighted by Gasteiger charge is -2.22. The van der Waals surface area contributed by atoms with Crippen molar-refractivity contribution >= 4 is 9.84 Å². The van der Waals surface area contributed by atoms with E-state index in [-0.39, 0.29) is 5.75 Å². The summed E-state index contributed by atoms with van der Waals surface area (Å²) in [4.78, 5) is 0. The monoisotopic (exact) mass is 311 g/mol. The highest BCUT2D eigenvalue weighted by molar-refractivity contribution is 7.92. The molecule has 1 atom stereocenters. The van der Waals surface area contributed by atoms with E-state index in [2.05, 4.69) is 36.5 Å². The predicted octanol–water partition coefficient (Wildman–Crippen LogP) is 2.98. The van der Waals surface area contributed by atoms with Crippen molar-refractivity contribution in [3.63, 3.8) is 0 Å². The molecular formula is C17H29NO2S. The lowest BCUT2D eigenvalue weighted by atomic mass is 9.96. The third-order valence-corrected chi connectivity index (χ3v) is 6.50. The van der Waals surface area contributed by atoms with Gasteiger partial charge in [0.05, 0.1) is 10.5 Å². The van der Waals surface area contributed by atoms with E-state index in [4.69, 9.17) is 0 Å². The van der Waals surface area contributed by atoms with Crippen LogP contribution in [0.4, 0.5) is 0 Å². The average Bonchev–Trinajstić information content (AvgIpc) is 2.37. The molecule has 0 bridgehead atoms. The predicted molar refractivity (Wildman–Crippen MR) is 90.5 cm³/mol. The Morgan fingerprint density at radius 2 is 1.71 bits per heavy atom. The number of hydrogen-bond acceptors (Lipinski definition) is 3. The molecule has 3 nitrogen and oxygen atoms in total. The van der Waals surface area contributed by atoms with Crippen molar-refractivity contribution in [2.75, 3.05) is 19.3 Å². The molecule has 0 saturated heterocycles. The molecule has 0 heterocycles. The van der Waals surface area contributed by atoms with Crippen molar-refractivity contribution in [1.29, 1.82) is 0 Å². The molecule has 4 heteroatoms. The number of hydrogen-bond donors (Lipinski definition) is 1. The molecule has 1 aromatic carbocycles. The van der Waals surface area contributed by atoms with E-state index < -0.39 is 14.6 Å². The van der Waals surface area contributed by atoms with Crippen molar-refractivity contribution in [2.24, 2.45) is 5.92 Å². The van der Waals surface area contributed by atoms with E-state index in [9.17, 15) is 8.42 Å². The van der Waals surface area contributed by atoms with Crippen LogP contribution < -0.4 is 5.32 Å². The summed E-state index contributed by atoms with van der Waals surface area (Å²) in [6.07, 6.45) is 1.62. The van der Waals surface area contributed by atoms with Gasteiger partial charge in [0.2, 0.25) is 0 Å². The molecule has 1 rings (SSSR count). The zero-order valence-corrected chi connectivity index (χ0v) is 14.8. The first kappa shape index (κ1) is 18.2. The molecule has 120 valence electrons. The molecule has 0 aliphatic heterocycles. The van der Waals surface area contributed by atoms with Gasteiger partial charge in [0.15, 0.2) is 9.84 Å². The van der Waals surface area contributed by atoms with Gasteiger partial charge in [-0.15, -0.1) is 0 Å². The maximum Gasteiger partial charge on any atom is 0.155 e. The fourth-order valence-electron chi connectivity index (χ4n) is 2.25. The van der Waals surface area contributed by atoms with Crippen LogP contribution in [0.2, 0.25) is 0 Å². The molecule has 0 spiro atoms. The van der Waals surface area contributed by atoms with Gasteiger partial charge in [-0.1, -0.05) is 29.8 Å². The second-order valence-electron chi connectivity index (χ2n) is 6.83. The number of benzene rings is 1. The van der Waals surface area contributed by atoms with E-state index in [1.165, 1.54) is 11.1 Å². The molecule has 0 aliphatic carbocycles. The number of aryl methyl sites for hydroxylation is 1. The first-order chi connectivity index (χ1) is 9.65. The van der Waals surface area contributed by atoms with Crippen LogP contribution in [0.1, 0.15) is 38.3 Å². The Bertz CT molecular complexity index is 527. The van der Waals surface area contributed by atoms with Gasteiger partial charge in [-0.2, -0.15) is 0 Å². The summed E-state index contributed by atoms with van der Waals surface area (Å²) >= 11 is 0. The number of rotatable bonds is 7. The minimum Gasteiger partial charge on any atom is -0.319 e. The molecular weight excluding hydrogens is 282 g/mol. The van der Waals surface area contributed by atoms with Gasteiger partial charge in [-0.05, 0) is 65.6 Å². The smallest absolute Gasteiger partial charge is 0.155 e. The summed E-state index contributed by atoms with van der Waals surface area (Å²) in [6.45, 7) is 8.23. The Kier molecular flexibility index (Phi) is 6.41. The highest BCUT2D eigenvalue weighted by Gasteiger charge is 2.29. The van der Waals surface area contributed by atoms with Gasteiger partial charge in [0, 0.05) is 0 Å². The number of nitrogens with one attached hydrogen (secondary N) is 1. The van der Waals surface area contributed by atoms with Gasteiger partial charge in [-0.3, -0.25) is 0 Å². The zero-order chi connectivity index (χ0) is 16.1. The van der Waals surface area contributed by atoms with Crippen LogP contribution in [0.3, 0.4) is 0 Å². The summed E-state index contributed by atoms with van der Waals surface area (Å²) in [7, 11) is -1.12. The minimum atomic E-state index is -3.04. The van der Waals surface area contributed by atoms with Gasteiger partial charge in [0.25, 0.3) is 0 Å². The molecule has 1 N–H and O–H groups in total. The van der Waals surface area contributed by atoms with Gasteiger partial charge in [0.1, 0.15) is 0 Å². The first-order valence-corrected chi connectivity index (χ1v) is 9.23. The lowest BCUT2D eigenvalue weighted by Crippen LogP contribution is -2.32. The topological polar surface area (TPSA) is 46.2 Å². The average molecular weight is 311 g/mol. The van der Waals surface area contributed by atoms with E-state index in [1.807, 2.05) is 7.05 Å². The molecule has 0 amide bonds. The SMILES string of the molecule is CNCC(CCS(=O)(=O)C(C)(C)C)Cc1ccc(C)cc1. The molecule has 1 aromatic rings. The Morgan fingerprint density at radius 1 is 1.14 bits per heavy atom. The minimum absolute atomic E-state index is 0.259.